The summed E-state index contributed by atoms with van der Waals surface area (Å²) >= 11 is 3.57. The Morgan fingerprint density at radius 1 is 1.39 bits per heavy atom. The van der Waals surface area contributed by atoms with E-state index in [1.807, 2.05) is 7.05 Å². The number of nitrogens with one attached hydrogen (secondary N) is 1. The lowest BCUT2D eigenvalue weighted by atomic mass is 10.2. The number of anilines is 2. The first-order valence-corrected chi connectivity index (χ1v) is 6.90. The first-order chi connectivity index (χ1) is 8.51. The molecule has 0 spiro atoms. The molecule has 0 saturated heterocycles. The Bertz CT molecular complexity index is 383. The summed E-state index contributed by atoms with van der Waals surface area (Å²) in [5, 5.41) is 3.06. The molecule has 1 atom stereocenters. The van der Waals surface area contributed by atoms with Gasteiger partial charge in [0, 0.05) is 26.2 Å². The van der Waals surface area contributed by atoms with Crippen molar-refractivity contribution in [3.05, 3.63) is 10.8 Å². The molecule has 102 valence electrons. The van der Waals surface area contributed by atoms with Crippen molar-refractivity contribution in [1.29, 1.82) is 0 Å². The van der Waals surface area contributed by atoms with Gasteiger partial charge in [-0.1, -0.05) is 0 Å². The van der Waals surface area contributed by atoms with Crippen LogP contribution < -0.4 is 10.2 Å². The van der Waals surface area contributed by atoms with Crippen molar-refractivity contribution in [2.45, 2.75) is 19.9 Å². The van der Waals surface area contributed by atoms with Gasteiger partial charge in [-0.3, -0.25) is 0 Å². The van der Waals surface area contributed by atoms with Crippen LogP contribution in [0.4, 0.5) is 11.6 Å². The molecule has 5 nitrogen and oxygen atoms in total. The van der Waals surface area contributed by atoms with Gasteiger partial charge >= 0.3 is 0 Å². The maximum atomic E-state index is 4.40. The third-order valence-electron chi connectivity index (χ3n) is 2.78. The predicted octanol–water partition coefficient (Wildman–Crippen LogP) is 2.06. The minimum Gasteiger partial charge on any atom is -0.372 e. The smallest absolute Gasteiger partial charge is 0.148 e. The molecule has 0 aliphatic rings. The van der Waals surface area contributed by atoms with E-state index < -0.39 is 0 Å². The van der Waals surface area contributed by atoms with E-state index in [4.69, 9.17) is 0 Å². The summed E-state index contributed by atoms with van der Waals surface area (Å²) in [6, 6.07) is 0.390. The number of hydrogen-bond acceptors (Lipinski definition) is 5. The molecule has 1 unspecified atom stereocenters. The van der Waals surface area contributed by atoms with Crippen LogP contribution in [0.2, 0.25) is 0 Å². The maximum absolute atomic E-state index is 4.40. The van der Waals surface area contributed by atoms with Crippen LogP contribution >= 0.6 is 15.9 Å². The van der Waals surface area contributed by atoms with Crippen LogP contribution in [-0.4, -0.2) is 55.1 Å². The maximum Gasteiger partial charge on any atom is 0.148 e. The van der Waals surface area contributed by atoms with Crippen molar-refractivity contribution in [3.8, 4) is 0 Å². The topological polar surface area (TPSA) is 44.3 Å². The highest BCUT2D eigenvalue weighted by molar-refractivity contribution is 9.10. The van der Waals surface area contributed by atoms with Gasteiger partial charge in [-0.05, 0) is 43.9 Å². The zero-order valence-corrected chi connectivity index (χ0v) is 13.3. The molecule has 0 bridgehead atoms. The van der Waals surface area contributed by atoms with Crippen LogP contribution in [0.25, 0.3) is 0 Å². The Morgan fingerprint density at radius 3 is 2.56 bits per heavy atom. The largest absolute Gasteiger partial charge is 0.372 e. The van der Waals surface area contributed by atoms with Crippen molar-refractivity contribution in [2.75, 3.05) is 44.4 Å². The van der Waals surface area contributed by atoms with Crippen LogP contribution in [0.15, 0.2) is 10.8 Å². The second kappa shape index (κ2) is 6.89. The van der Waals surface area contributed by atoms with E-state index in [0.29, 0.717) is 6.04 Å². The molecule has 0 amide bonds. The van der Waals surface area contributed by atoms with E-state index in [1.165, 1.54) is 0 Å². The number of nitrogens with zero attached hydrogens (tertiary/aromatic N) is 4. The summed E-state index contributed by atoms with van der Waals surface area (Å²) in [7, 11) is 6.02. The predicted molar refractivity (Wildman–Crippen MR) is 80.3 cm³/mol. The lowest BCUT2D eigenvalue weighted by Gasteiger charge is -2.31. The molecule has 1 aromatic heterocycles. The molecular weight excluding hydrogens is 294 g/mol. The molecule has 0 fully saturated rings. The Labute approximate surface area is 118 Å². The van der Waals surface area contributed by atoms with E-state index in [-0.39, 0.29) is 0 Å². The quantitative estimate of drug-likeness (QED) is 0.870. The standard InChI is InChI=1S/C12H22BrN5/c1-6-18(9(2)7-17(4)5)12-10(13)11(14-3)15-8-16-12/h8-9H,6-7H2,1-5H3,(H,14,15,16). The summed E-state index contributed by atoms with van der Waals surface area (Å²) in [5.41, 5.74) is 0. The summed E-state index contributed by atoms with van der Waals surface area (Å²) in [4.78, 5) is 13.0. The first-order valence-electron chi connectivity index (χ1n) is 6.10. The molecule has 1 aromatic rings. The Hall–Kier alpha value is -0.880. The van der Waals surface area contributed by atoms with Gasteiger partial charge in [0.15, 0.2) is 0 Å². The third kappa shape index (κ3) is 3.55. The summed E-state index contributed by atoms with van der Waals surface area (Å²) in [5.74, 6) is 1.75. The molecule has 0 saturated carbocycles. The van der Waals surface area contributed by atoms with E-state index in [9.17, 15) is 0 Å². The van der Waals surface area contributed by atoms with Gasteiger partial charge in [0.1, 0.15) is 22.4 Å². The second-order valence-corrected chi connectivity index (χ2v) is 5.30. The molecule has 0 radical (unpaired) electrons. The first kappa shape index (κ1) is 15.2. The van der Waals surface area contributed by atoms with Crippen LogP contribution in [0, 0.1) is 0 Å². The third-order valence-corrected chi connectivity index (χ3v) is 3.51. The number of hydrogen-bond donors (Lipinski definition) is 1. The molecule has 0 aromatic carbocycles. The second-order valence-electron chi connectivity index (χ2n) is 4.51. The van der Waals surface area contributed by atoms with Crippen molar-refractivity contribution < 1.29 is 0 Å². The van der Waals surface area contributed by atoms with Gasteiger partial charge in [0.25, 0.3) is 0 Å². The molecule has 6 heteroatoms. The average molecular weight is 316 g/mol. The average Bonchev–Trinajstić information content (AvgIpc) is 2.31. The van der Waals surface area contributed by atoms with E-state index in [0.717, 1.165) is 29.2 Å². The van der Waals surface area contributed by atoms with E-state index >= 15 is 0 Å². The van der Waals surface area contributed by atoms with Gasteiger partial charge in [-0.2, -0.15) is 0 Å². The van der Waals surface area contributed by atoms with Gasteiger partial charge < -0.3 is 15.1 Å². The van der Waals surface area contributed by atoms with Crippen LogP contribution in [0.1, 0.15) is 13.8 Å². The fourth-order valence-corrected chi connectivity index (χ4v) is 2.66. The lowest BCUT2D eigenvalue weighted by molar-refractivity contribution is 0.372. The molecule has 0 aliphatic heterocycles. The molecule has 1 N–H and O–H groups in total. The van der Waals surface area contributed by atoms with Crippen LogP contribution in [0.3, 0.4) is 0 Å². The monoisotopic (exact) mass is 315 g/mol. The van der Waals surface area contributed by atoms with Crippen molar-refractivity contribution in [3.63, 3.8) is 0 Å². The number of aromatic nitrogens is 2. The fraction of sp³-hybridized carbons (Fsp3) is 0.667. The Balaban J connectivity index is 3.01. The minimum atomic E-state index is 0.390. The normalized spacial score (nSPS) is 12.6. The van der Waals surface area contributed by atoms with Crippen molar-refractivity contribution in [1.82, 2.24) is 14.9 Å². The summed E-state index contributed by atoms with van der Waals surface area (Å²) in [6.45, 7) is 6.24. The Kier molecular flexibility index (Phi) is 5.81. The van der Waals surface area contributed by atoms with Gasteiger partial charge in [0.2, 0.25) is 0 Å². The SMILES string of the molecule is CCN(c1ncnc(NC)c1Br)C(C)CN(C)C. The van der Waals surface area contributed by atoms with Gasteiger partial charge in [-0.15, -0.1) is 0 Å². The lowest BCUT2D eigenvalue weighted by Crippen LogP contribution is -2.40. The number of halogens is 1. The Morgan fingerprint density at radius 2 is 2.06 bits per heavy atom. The summed E-state index contributed by atoms with van der Waals surface area (Å²) in [6.07, 6.45) is 1.59. The fourth-order valence-electron chi connectivity index (χ4n) is 2.03. The zero-order valence-electron chi connectivity index (χ0n) is 11.7. The number of likely N-dealkylation sites (N-methyl/N-ethyl adjacent to an activating group) is 2. The zero-order chi connectivity index (χ0) is 13.7. The highest BCUT2D eigenvalue weighted by Crippen LogP contribution is 2.30. The minimum absolute atomic E-state index is 0.390. The highest BCUT2D eigenvalue weighted by atomic mass is 79.9. The molecular formula is C12H22BrN5. The molecule has 18 heavy (non-hydrogen) atoms. The molecule has 1 rings (SSSR count). The van der Waals surface area contributed by atoms with Gasteiger partial charge in [0.05, 0.1) is 0 Å². The highest BCUT2D eigenvalue weighted by Gasteiger charge is 2.19. The van der Waals surface area contributed by atoms with Gasteiger partial charge in [-0.25, -0.2) is 9.97 Å². The number of rotatable bonds is 6. The van der Waals surface area contributed by atoms with Crippen molar-refractivity contribution >= 4 is 27.6 Å². The molecule has 1 heterocycles. The van der Waals surface area contributed by atoms with E-state index in [2.05, 4.69) is 69.0 Å². The molecule has 0 aliphatic carbocycles. The summed E-state index contributed by atoms with van der Waals surface area (Å²) < 4.78 is 0.917. The van der Waals surface area contributed by atoms with Crippen LogP contribution in [0.5, 0.6) is 0 Å². The van der Waals surface area contributed by atoms with Crippen molar-refractivity contribution in [2.24, 2.45) is 0 Å². The van der Waals surface area contributed by atoms with Crippen LogP contribution in [-0.2, 0) is 0 Å². The van der Waals surface area contributed by atoms with E-state index in [1.54, 1.807) is 6.33 Å².